The Bertz CT molecular complexity index is 734. The molecule has 1 amide bonds. The molecule has 1 saturated heterocycles. The first-order valence-corrected chi connectivity index (χ1v) is 8.33. The minimum atomic E-state index is -0.494. The first kappa shape index (κ1) is 16.9. The summed E-state index contributed by atoms with van der Waals surface area (Å²) in [5, 5.41) is 13.7. The predicted molar refractivity (Wildman–Crippen MR) is 94.3 cm³/mol. The van der Waals surface area contributed by atoms with Crippen molar-refractivity contribution in [3.05, 3.63) is 64.3 Å². The van der Waals surface area contributed by atoms with E-state index in [4.69, 9.17) is 0 Å². The Kier molecular flexibility index (Phi) is 5.23. The van der Waals surface area contributed by atoms with Gasteiger partial charge in [0.05, 0.1) is 4.92 Å². The van der Waals surface area contributed by atoms with E-state index in [0.717, 1.165) is 25.9 Å². The molecule has 0 radical (unpaired) electrons. The van der Waals surface area contributed by atoms with Gasteiger partial charge >= 0.3 is 0 Å². The maximum atomic E-state index is 12.5. The summed E-state index contributed by atoms with van der Waals surface area (Å²) in [7, 11) is 0. The summed E-state index contributed by atoms with van der Waals surface area (Å²) in [4.78, 5) is 28.5. The highest BCUT2D eigenvalue weighted by Crippen LogP contribution is 2.18. The van der Waals surface area contributed by atoms with Crippen molar-refractivity contribution < 1.29 is 9.72 Å². The number of rotatable bonds is 7. The SMILES string of the molecule is O=C1C(Nc2ccc([N+](=O)[O-])cn2)CCN1CCCc1ccccc1. The summed E-state index contributed by atoms with van der Waals surface area (Å²) in [5.41, 5.74) is 1.21. The Morgan fingerprint density at radius 2 is 2.04 bits per heavy atom. The molecule has 0 spiro atoms. The second kappa shape index (κ2) is 7.74. The highest BCUT2D eigenvalue weighted by atomic mass is 16.6. The summed E-state index contributed by atoms with van der Waals surface area (Å²) < 4.78 is 0. The number of aryl methyl sites for hydroxylation is 1. The molecule has 1 fully saturated rings. The monoisotopic (exact) mass is 340 g/mol. The fourth-order valence-corrected chi connectivity index (χ4v) is 2.97. The van der Waals surface area contributed by atoms with Crippen molar-refractivity contribution in [3.8, 4) is 0 Å². The lowest BCUT2D eigenvalue weighted by Gasteiger charge is -2.17. The van der Waals surface area contributed by atoms with Crippen LogP contribution in [0.4, 0.5) is 11.5 Å². The van der Waals surface area contributed by atoms with E-state index in [1.165, 1.54) is 23.9 Å². The van der Waals surface area contributed by atoms with Crippen LogP contribution < -0.4 is 5.32 Å². The van der Waals surface area contributed by atoms with Gasteiger partial charge in [0, 0.05) is 19.2 Å². The van der Waals surface area contributed by atoms with Crippen molar-refractivity contribution in [3.63, 3.8) is 0 Å². The van der Waals surface area contributed by atoms with Crippen molar-refractivity contribution in [1.82, 2.24) is 9.88 Å². The molecule has 3 rings (SSSR count). The number of nitrogens with one attached hydrogen (secondary N) is 1. The zero-order chi connectivity index (χ0) is 17.6. The van der Waals surface area contributed by atoms with Gasteiger partial charge in [-0.1, -0.05) is 30.3 Å². The molecule has 0 aliphatic carbocycles. The number of aromatic nitrogens is 1. The number of carbonyl (C=O) groups is 1. The normalized spacial score (nSPS) is 16.9. The average molecular weight is 340 g/mol. The van der Waals surface area contributed by atoms with E-state index in [1.807, 2.05) is 23.1 Å². The van der Waals surface area contributed by atoms with Crippen molar-refractivity contribution in [2.24, 2.45) is 0 Å². The van der Waals surface area contributed by atoms with Crippen LogP contribution in [0.2, 0.25) is 0 Å². The lowest BCUT2D eigenvalue weighted by molar-refractivity contribution is -0.385. The van der Waals surface area contributed by atoms with Crippen LogP contribution in [0.1, 0.15) is 18.4 Å². The van der Waals surface area contributed by atoms with Gasteiger partial charge in [0.1, 0.15) is 18.1 Å². The fourth-order valence-electron chi connectivity index (χ4n) is 2.97. The van der Waals surface area contributed by atoms with Gasteiger partial charge < -0.3 is 10.2 Å². The molecule has 1 N–H and O–H groups in total. The molecule has 1 aliphatic heterocycles. The van der Waals surface area contributed by atoms with Crippen LogP contribution >= 0.6 is 0 Å². The largest absolute Gasteiger partial charge is 0.358 e. The number of anilines is 1. The van der Waals surface area contributed by atoms with Gasteiger partial charge in [0.15, 0.2) is 0 Å². The van der Waals surface area contributed by atoms with Gasteiger partial charge in [0.2, 0.25) is 5.91 Å². The Morgan fingerprint density at radius 3 is 2.72 bits per heavy atom. The number of carbonyl (C=O) groups excluding carboxylic acids is 1. The van der Waals surface area contributed by atoms with E-state index in [0.29, 0.717) is 12.2 Å². The Balaban J connectivity index is 1.48. The van der Waals surface area contributed by atoms with Gasteiger partial charge in [-0.2, -0.15) is 0 Å². The number of pyridine rings is 1. The number of benzene rings is 1. The molecular weight excluding hydrogens is 320 g/mol. The highest BCUT2D eigenvalue weighted by molar-refractivity contribution is 5.86. The molecule has 25 heavy (non-hydrogen) atoms. The van der Waals surface area contributed by atoms with Gasteiger partial charge in [-0.25, -0.2) is 4.98 Å². The zero-order valence-electron chi connectivity index (χ0n) is 13.8. The second-order valence-corrected chi connectivity index (χ2v) is 6.06. The standard InChI is InChI=1S/C18H20N4O3/c23-18-16(20-17-9-8-15(13-19-17)22(24)25)10-12-21(18)11-4-7-14-5-2-1-3-6-14/h1-3,5-6,8-9,13,16H,4,7,10-12H2,(H,19,20). The molecule has 2 aromatic rings. The fraction of sp³-hybridized carbons (Fsp3) is 0.333. The first-order valence-electron chi connectivity index (χ1n) is 8.33. The number of nitro groups is 1. The van der Waals surface area contributed by atoms with Crippen LogP contribution in [-0.2, 0) is 11.2 Å². The lowest BCUT2D eigenvalue weighted by atomic mass is 10.1. The average Bonchev–Trinajstić information content (AvgIpc) is 2.97. The number of nitrogens with zero attached hydrogens (tertiary/aromatic N) is 3. The third kappa shape index (κ3) is 4.32. The van der Waals surface area contributed by atoms with E-state index in [1.54, 1.807) is 0 Å². The summed E-state index contributed by atoms with van der Waals surface area (Å²) >= 11 is 0. The predicted octanol–water partition coefficient (Wildman–Crippen LogP) is 2.64. The zero-order valence-corrected chi connectivity index (χ0v) is 13.8. The summed E-state index contributed by atoms with van der Waals surface area (Å²) in [6.07, 6.45) is 3.78. The third-order valence-electron chi connectivity index (χ3n) is 4.31. The summed E-state index contributed by atoms with van der Waals surface area (Å²) in [5.74, 6) is 0.545. The van der Waals surface area contributed by atoms with E-state index < -0.39 is 4.92 Å². The van der Waals surface area contributed by atoms with Gasteiger partial charge in [0.25, 0.3) is 5.69 Å². The number of amides is 1. The number of hydrogen-bond donors (Lipinski definition) is 1. The molecule has 1 atom stereocenters. The van der Waals surface area contributed by atoms with Crippen LogP contribution in [0.5, 0.6) is 0 Å². The number of likely N-dealkylation sites (tertiary alicyclic amines) is 1. The quantitative estimate of drug-likeness (QED) is 0.618. The third-order valence-corrected chi connectivity index (χ3v) is 4.31. The molecule has 2 heterocycles. The van der Waals surface area contributed by atoms with Crippen molar-refractivity contribution in [2.45, 2.75) is 25.3 Å². The highest BCUT2D eigenvalue weighted by Gasteiger charge is 2.31. The van der Waals surface area contributed by atoms with E-state index in [9.17, 15) is 14.9 Å². The Hall–Kier alpha value is -2.96. The smallest absolute Gasteiger partial charge is 0.287 e. The van der Waals surface area contributed by atoms with Gasteiger partial charge in [-0.15, -0.1) is 0 Å². The minimum Gasteiger partial charge on any atom is -0.358 e. The van der Waals surface area contributed by atoms with Gasteiger partial charge in [-0.05, 0) is 30.9 Å². The summed E-state index contributed by atoms with van der Waals surface area (Å²) in [6.45, 7) is 1.46. The molecule has 7 heteroatoms. The molecule has 0 saturated carbocycles. The topological polar surface area (TPSA) is 88.4 Å². The minimum absolute atomic E-state index is 0.0632. The molecule has 130 valence electrons. The molecule has 1 aliphatic rings. The lowest BCUT2D eigenvalue weighted by Crippen LogP contribution is -2.34. The molecule has 0 bridgehead atoms. The van der Waals surface area contributed by atoms with E-state index in [-0.39, 0.29) is 17.6 Å². The molecular formula is C18H20N4O3. The van der Waals surface area contributed by atoms with E-state index in [2.05, 4.69) is 22.4 Å². The summed E-state index contributed by atoms with van der Waals surface area (Å²) in [6, 6.07) is 12.8. The van der Waals surface area contributed by atoms with Crippen LogP contribution in [0.25, 0.3) is 0 Å². The molecule has 7 nitrogen and oxygen atoms in total. The Morgan fingerprint density at radius 1 is 1.24 bits per heavy atom. The van der Waals surface area contributed by atoms with Crippen LogP contribution in [0.15, 0.2) is 48.7 Å². The maximum Gasteiger partial charge on any atom is 0.287 e. The second-order valence-electron chi connectivity index (χ2n) is 6.06. The van der Waals surface area contributed by atoms with Crippen molar-refractivity contribution in [1.29, 1.82) is 0 Å². The van der Waals surface area contributed by atoms with Crippen LogP contribution in [0.3, 0.4) is 0 Å². The number of hydrogen-bond acceptors (Lipinski definition) is 5. The first-order chi connectivity index (χ1) is 12.1. The van der Waals surface area contributed by atoms with Crippen LogP contribution in [0, 0.1) is 10.1 Å². The van der Waals surface area contributed by atoms with E-state index >= 15 is 0 Å². The van der Waals surface area contributed by atoms with Crippen LogP contribution in [-0.4, -0.2) is 39.8 Å². The van der Waals surface area contributed by atoms with Gasteiger partial charge in [-0.3, -0.25) is 14.9 Å². The maximum absolute atomic E-state index is 12.5. The Labute approximate surface area is 145 Å². The molecule has 1 aromatic heterocycles. The van der Waals surface area contributed by atoms with Crippen molar-refractivity contribution in [2.75, 3.05) is 18.4 Å². The molecule has 1 aromatic carbocycles. The van der Waals surface area contributed by atoms with Crippen molar-refractivity contribution >= 4 is 17.4 Å². The molecule has 1 unspecified atom stereocenters.